The Morgan fingerprint density at radius 2 is 1.10 bits per heavy atom. The van der Waals surface area contributed by atoms with E-state index in [0.717, 1.165) is 30.5 Å². The molecule has 1 aliphatic carbocycles. The summed E-state index contributed by atoms with van der Waals surface area (Å²) in [5.41, 5.74) is 15.8. The number of carbonyl (C=O) groups is 9. The van der Waals surface area contributed by atoms with Crippen LogP contribution in [0.1, 0.15) is 116 Å². The molecule has 0 aromatic heterocycles. The van der Waals surface area contributed by atoms with Gasteiger partial charge in [0.15, 0.2) is 0 Å². The smallest absolute Gasteiger partial charge is 0.312 e. The van der Waals surface area contributed by atoms with Gasteiger partial charge in [-0.15, -0.1) is 0 Å². The first kappa shape index (κ1) is 88.2. The van der Waals surface area contributed by atoms with Crippen molar-refractivity contribution in [2.24, 2.45) is 16.8 Å². The van der Waals surface area contributed by atoms with E-state index < -0.39 is 87.5 Å². The van der Waals surface area contributed by atoms with Gasteiger partial charge in [0.05, 0.1) is 118 Å². The molecule has 1 unspecified atom stereocenters. The molecule has 0 radical (unpaired) electrons. The number of amides is 9. The van der Waals surface area contributed by atoms with Crippen molar-refractivity contribution in [1.82, 2.24) is 42.5 Å². The van der Waals surface area contributed by atoms with E-state index in [9.17, 15) is 51.6 Å². The second kappa shape index (κ2) is 55.8. The molecular formula is C64H110N12O22S. The number of hydrogen-bond acceptors (Lipinski definition) is 24. The van der Waals surface area contributed by atoms with E-state index in [1.54, 1.807) is 45.2 Å². The van der Waals surface area contributed by atoms with Crippen LogP contribution in [0.4, 0.5) is 10.5 Å². The van der Waals surface area contributed by atoms with Gasteiger partial charge in [0.2, 0.25) is 41.4 Å². The van der Waals surface area contributed by atoms with Gasteiger partial charge >= 0.3 is 6.03 Å². The Morgan fingerprint density at radius 3 is 1.67 bits per heavy atom. The molecule has 34 nitrogen and oxygen atoms in total. The summed E-state index contributed by atoms with van der Waals surface area (Å²) >= 11 is 0. The second-order valence-corrected chi connectivity index (χ2v) is 24.8. The second-order valence-electron chi connectivity index (χ2n) is 23.2. The predicted molar refractivity (Wildman–Crippen MR) is 361 cm³/mol. The van der Waals surface area contributed by atoms with Crippen molar-refractivity contribution in [3.8, 4) is 0 Å². The van der Waals surface area contributed by atoms with Crippen LogP contribution < -0.4 is 53.6 Å². The number of hydrogen-bond donors (Lipinski definition) is 12. The van der Waals surface area contributed by atoms with Crippen molar-refractivity contribution in [3.05, 3.63) is 41.2 Å². The van der Waals surface area contributed by atoms with Crippen LogP contribution in [0.3, 0.4) is 0 Å². The lowest BCUT2D eigenvalue weighted by Gasteiger charge is -2.27. The maximum Gasteiger partial charge on any atom is 0.312 e. The van der Waals surface area contributed by atoms with Gasteiger partial charge in [0, 0.05) is 76.9 Å². The molecule has 0 saturated heterocycles. The first-order valence-corrected chi connectivity index (χ1v) is 35.4. The summed E-state index contributed by atoms with van der Waals surface area (Å²) in [5.74, 6) is -4.52. The molecule has 35 heteroatoms. The molecule has 1 aromatic carbocycles. The van der Waals surface area contributed by atoms with E-state index in [-0.39, 0.29) is 129 Å². The number of nitrogens with one attached hydrogen (secondary N) is 10. The molecule has 2 rings (SSSR count). The fraction of sp³-hybridized carbons (Fsp3) is 0.734. The predicted octanol–water partition coefficient (Wildman–Crippen LogP) is 1.20. The third kappa shape index (κ3) is 47.0. The lowest BCUT2D eigenvalue weighted by atomic mass is 9.99. The number of primary amides is 1. The summed E-state index contributed by atoms with van der Waals surface area (Å²) in [6.45, 7) is 9.94. The number of rotatable bonds is 60. The number of allylic oxidation sites excluding steroid dienone is 1. The average molecular weight is 1430 g/mol. The topological polar surface area (TPSA) is 471 Å². The molecule has 564 valence electrons. The lowest BCUT2D eigenvalue weighted by molar-refractivity contribution is -0.134. The SMILES string of the molecule is COCc1ccc(NC(=O)[C@H](CCCNC(N)=O)NC(=O)[C@@H](NC(=O)[C@@H](CCCCNC(=O)COC2CCCCC/C(NCCOCCOCCOCCOCCC(=O)NCCS(=O)(=O)O)=C\2N=N)NC(=O)CCOCCOCCOCCOCCNC(=O)CCC(C)=O)C(C)C)cc1. The van der Waals surface area contributed by atoms with E-state index in [1.807, 2.05) is 0 Å². The highest BCUT2D eigenvalue weighted by molar-refractivity contribution is 7.85. The number of unbranched alkanes of at least 4 members (excludes halogenated alkanes) is 1. The van der Waals surface area contributed by atoms with Gasteiger partial charge in [-0.05, 0) is 81.9 Å². The third-order valence-electron chi connectivity index (χ3n) is 14.5. The van der Waals surface area contributed by atoms with Crippen LogP contribution in [0.25, 0.3) is 0 Å². The standard InChI is InChI=1S/C64H110N12O22S/c1-47(2)59(63(84)74-53(13-10-24-71-64(65)85)61(82)72-50-18-16-49(17-19-50)45-89-4)75-62(83)52(73-57(80)22-29-91-33-37-95-41-43-97-39-35-93-31-26-69-55(78)20-15-48(3)77)12-8-9-23-68-58(81)46-98-54-14-7-5-6-11-51(60(54)76-66)67-25-30-92-34-38-96-42-40-94-36-32-90-28-21-56(79)70-27-44-99(86,87)88/h16-19,47,52-54,59,66-67H,5-15,20-46H2,1-4H3,(H,68,81)(H,69,78)(H,70,79)(H,72,82)(H,73,80)(H,74,84)(H,75,83)(H3,65,71,85)(H,86,87,88)/b60-51-,76-66?/t52-,53+,54?,59+/m1/s1. The fourth-order valence-electron chi connectivity index (χ4n) is 9.31. The Balaban J connectivity index is 1.94. The maximum absolute atomic E-state index is 14.2. The number of nitrogens with zero attached hydrogens (tertiary/aromatic N) is 1. The number of benzene rings is 1. The van der Waals surface area contributed by atoms with Gasteiger partial charge in [0.25, 0.3) is 10.1 Å². The number of carbonyl (C=O) groups excluding carboxylic acids is 9. The zero-order valence-electron chi connectivity index (χ0n) is 58.0. The first-order chi connectivity index (χ1) is 47.6. The molecule has 0 bridgehead atoms. The van der Waals surface area contributed by atoms with Crippen molar-refractivity contribution in [2.75, 3.05) is 163 Å². The van der Waals surface area contributed by atoms with E-state index >= 15 is 0 Å². The molecular weight excluding hydrogens is 1320 g/mol. The quantitative estimate of drug-likeness (QED) is 0.0248. The van der Waals surface area contributed by atoms with Crippen LogP contribution in [-0.4, -0.2) is 248 Å². The van der Waals surface area contributed by atoms with Crippen LogP contribution in [0.15, 0.2) is 40.8 Å². The molecule has 0 saturated carbocycles. The van der Waals surface area contributed by atoms with Gasteiger partial charge in [0.1, 0.15) is 42.3 Å². The molecule has 99 heavy (non-hydrogen) atoms. The van der Waals surface area contributed by atoms with Crippen LogP contribution in [-0.2, 0) is 102 Å². The summed E-state index contributed by atoms with van der Waals surface area (Å²) in [6.07, 6.45) is 4.56. The van der Waals surface area contributed by atoms with Gasteiger partial charge < -0.3 is 106 Å². The highest BCUT2D eigenvalue weighted by Gasteiger charge is 2.32. The molecule has 1 aromatic rings. The Bertz CT molecular complexity index is 2660. The summed E-state index contributed by atoms with van der Waals surface area (Å²) in [5, 5.41) is 28.7. The number of Topliss-reactive ketones (excluding diaryl/α,β-unsaturated/α-hetero) is 1. The number of ketones is 1. The number of nitrogens with two attached hydrogens (primary N) is 1. The number of methoxy groups -OCH3 is 1. The van der Waals surface area contributed by atoms with Crippen molar-refractivity contribution >= 4 is 69.0 Å². The normalized spacial score (nSPS) is 14.9. The zero-order chi connectivity index (χ0) is 72.7. The molecule has 0 aliphatic heterocycles. The van der Waals surface area contributed by atoms with E-state index in [1.165, 1.54) is 6.92 Å². The number of urea groups is 1. The molecule has 1 aliphatic rings. The van der Waals surface area contributed by atoms with Crippen molar-refractivity contribution < 1.29 is 103 Å². The van der Waals surface area contributed by atoms with Crippen LogP contribution >= 0.6 is 0 Å². The van der Waals surface area contributed by atoms with Gasteiger partial charge in [-0.1, -0.05) is 38.8 Å². The highest BCUT2D eigenvalue weighted by atomic mass is 32.2. The van der Waals surface area contributed by atoms with E-state index in [0.29, 0.717) is 116 Å². The maximum atomic E-state index is 14.2. The molecule has 0 spiro atoms. The summed E-state index contributed by atoms with van der Waals surface area (Å²) in [4.78, 5) is 114. The lowest BCUT2D eigenvalue weighted by Crippen LogP contribution is -2.57. The van der Waals surface area contributed by atoms with Gasteiger partial charge in [-0.2, -0.15) is 13.5 Å². The van der Waals surface area contributed by atoms with Crippen molar-refractivity contribution in [3.63, 3.8) is 0 Å². The Morgan fingerprint density at radius 1 is 0.576 bits per heavy atom. The van der Waals surface area contributed by atoms with Gasteiger partial charge in [-0.3, -0.25) is 38.1 Å². The molecule has 13 N–H and O–H groups in total. The van der Waals surface area contributed by atoms with Crippen LogP contribution in [0, 0.1) is 11.4 Å². The minimum absolute atomic E-state index is 0.00211. The monoisotopic (exact) mass is 1430 g/mol. The number of anilines is 1. The van der Waals surface area contributed by atoms with Crippen LogP contribution in [0.2, 0.25) is 0 Å². The molecule has 0 fully saturated rings. The Labute approximate surface area is 581 Å². The fourth-order valence-corrected chi connectivity index (χ4v) is 9.67. The average Bonchev–Trinajstić information content (AvgIpc) is 1.49. The minimum Gasteiger partial charge on any atom is -0.384 e. The zero-order valence-corrected chi connectivity index (χ0v) is 58.8. The van der Waals surface area contributed by atoms with Crippen molar-refractivity contribution in [2.45, 2.75) is 141 Å². The number of ether oxygens (including phenoxy) is 10. The summed E-state index contributed by atoms with van der Waals surface area (Å²) < 4.78 is 85.6. The largest absolute Gasteiger partial charge is 0.384 e. The molecule has 9 amide bonds. The molecule has 4 atom stereocenters. The Hall–Kier alpha value is -6.90. The highest BCUT2D eigenvalue weighted by Crippen LogP contribution is 2.25. The summed E-state index contributed by atoms with van der Waals surface area (Å²) in [7, 11) is -2.58. The Kier molecular flexibility index (Phi) is 49.7. The minimum atomic E-state index is -4.15. The van der Waals surface area contributed by atoms with Crippen LogP contribution in [0.5, 0.6) is 0 Å². The van der Waals surface area contributed by atoms with E-state index in [2.05, 4.69) is 53.0 Å². The van der Waals surface area contributed by atoms with Crippen molar-refractivity contribution in [1.29, 1.82) is 5.53 Å². The summed E-state index contributed by atoms with van der Waals surface area (Å²) in [6, 6.07) is 2.79. The van der Waals surface area contributed by atoms with Gasteiger partial charge in [-0.25, -0.2) is 10.3 Å². The van der Waals surface area contributed by atoms with E-state index in [4.69, 9.17) is 63.2 Å². The third-order valence-corrected chi connectivity index (χ3v) is 15.3. The first-order valence-electron chi connectivity index (χ1n) is 33.8. The molecule has 0 heterocycles.